The molecule has 2 aromatic rings. The van der Waals surface area contributed by atoms with Crippen LogP contribution in [-0.2, 0) is 16.1 Å². The maximum Gasteiger partial charge on any atom is 0.442 e. The summed E-state index contributed by atoms with van der Waals surface area (Å²) in [5, 5.41) is 0. The monoisotopic (exact) mass is 436 g/mol. The fraction of sp³-hybridized carbons (Fsp3) is 0.250. The highest BCUT2D eigenvalue weighted by molar-refractivity contribution is 9.10. The van der Waals surface area contributed by atoms with Crippen molar-refractivity contribution in [1.29, 1.82) is 0 Å². The maximum atomic E-state index is 12.4. The van der Waals surface area contributed by atoms with E-state index in [2.05, 4.69) is 32.6 Å². The predicted octanol–water partition coefficient (Wildman–Crippen LogP) is 5.98. The Balaban J connectivity index is 1.96. The standard InChI is InChI=1S/C16H16BrF2O3PS/c1-11-3-2-4-12(7-11)9-24-10-13-5-6-15(14(17)8-13)22-23(20,21)16(18)19/h2-8,16H,9-10H2,1H3,(H,20,21). The lowest BCUT2D eigenvalue weighted by Gasteiger charge is -2.14. The third-order valence-electron chi connectivity index (χ3n) is 3.09. The van der Waals surface area contributed by atoms with E-state index in [0.717, 1.165) is 17.1 Å². The Bertz CT molecular complexity index is 758. The molecule has 2 rings (SSSR count). The summed E-state index contributed by atoms with van der Waals surface area (Å²) in [6, 6.07) is 13.1. The van der Waals surface area contributed by atoms with Gasteiger partial charge in [0.15, 0.2) is 0 Å². The van der Waals surface area contributed by atoms with Gasteiger partial charge < -0.3 is 9.42 Å². The van der Waals surface area contributed by atoms with Crippen LogP contribution in [0, 0.1) is 6.92 Å². The van der Waals surface area contributed by atoms with Gasteiger partial charge in [0.1, 0.15) is 5.75 Å². The second-order valence-electron chi connectivity index (χ2n) is 5.18. The highest BCUT2D eigenvalue weighted by Gasteiger charge is 2.34. The first-order chi connectivity index (χ1) is 11.3. The summed E-state index contributed by atoms with van der Waals surface area (Å²) in [6.07, 6.45) is -3.44. The lowest BCUT2D eigenvalue weighted by molar-refractivity contribution is 0.188. The Hall–Kier alpha value is -0.880. The summed E-state index contributed by atoms with van der Waals surface area (Å²) in [5.41, 5.74) is 3.40. The summed E-state index contributed by atoms with van der Waals surface area (Å²) >= 11 is 4.90. The van der Waals surface area contributed by atoms with Crippen LogP contribution >= 0.6 is 35.3 Å². The predicted molar refractivity (Wildman–Crippen MR) is 96.8 cm³/mol. The van der Waals surface area contributed by atoms with Crippen LogP contribution < -0.4 is 4.52 Å². The number of hydrogen-bond acceptors (Lipinski definition) is 3. The van der Waals surface area contributed by atoms with Gasteiger partial charge in [0.05, 0.1) is 4.47 Å². The molecule has 0 bridgehead atoms. The van der Waals surface area contributed by atoms with Gasteiger partial charge in [-0.05, 0) is 46.1 Å². The van der Waals surface area contributed by atoms with Crippen molar-refractivity contribution >= 4 is 35.3 Å². The molecule has 0 aliphatic heterocycles. The molecular formula is C16H16BrF2O3PS. The van der Waals surface area contributed by atoms with Crippen LogP contribution in [0.5, 0.6) is 5.75 Å². The average molecular weight is 437 g/mol. The van der Waals surface area contributed by atoms with E-state index in [-0.39, 0.29) is 5.75 Å². The minimum Gasteiger partial charge on any atom is -0.420 e. The lowest BCUT2D eigenvalue weighted by atomic mass is 10.2. The molecule has 0 saturated heterocycles. The molecule has 2 aromatic carbocycles. The smallest absolute Gasteiger partial charge is 0.420 e. The first kappa shape index (κ1) is 19.4. The van der Waals surface area contributed by atoms with Gasteiger partial charge in [0.25, 0.3) is 0 Å². The molecule has 0 heterocycles. The molecule has 1 atom stereocenters. The van der Waals surface area contributed by atoms with Gasteiger partial charge >= 0.3 is 13.8 Å². The van der Waals surface area contributed by atoms with Crippen molar-refractivity contribution in [2.75, 3.05) is 0 Å². The topological polar surface area (TPSA) is 46.5 Å². The SMILES string of the molecule is Cc1cccc(CSCc2ccc(OP(=O)(O)C(F)F)c(Br)c2)c1. The summed E-state index contributed by atoms with van der Waals surface area (Å²) in [4.78, 5) is 9.09. The minimum atomic E-state index is -4.96. The molecule has 0 spiro atoms. The molecule has 8 heteroatoms. The Morgan fingerprint density at radius 2 is 1.88 bits per heavy atom. The molecule has 130 valence electrons. The first-order valence-electron chi connectivity index (χ1n) is 7.00. The van der Waals surface area contributed by atoms with Gasteiger partial charge in [-0.1, -0.05) is 35.9 Å². The fourth-order valence-electron chi connectivity index (χ4n) is 1.98. The molecule has 0 fully saturated rings. The van der Waals surface area contributed by atoms with Crippen molar-refractivity contribution in [3.63, 3.8) is 0 Å². The van der Waals surface area contributed by atoms with Crippen molar-refractivity contribution in [2.45, 2.75) is 24.6 Å². The van der Waals surface area contributed by atoms with Crippen LogP contribution in [0.2, 0.25) is 0 Å². The largest absolute Gasteiger partial charge is 0.442 e. The van der Waals surface area contributed by atoms with Gasteiger partial charge in [-0.25, -0.2) is 4.57 Å². The molecule has 1 N–H and O–H groups in total. The van der Waals surface area contributed by atoms with Crippen LogP contribution in [-0.4, -0.2) is 11.1 Å². The number of thioether (sulfide) groups is 1. The normalized spacial score (nSPS) is 13.8. The van der Waals surface area contributed by atoms with E-state index in [1.54, 1.807) is 23.9 Å². The fourth-order valence-corrected chi connectivity index (χ4v) is 4.06. The molecule has 0 saturated carbocycles. The molecule has 0 radical (unpaired) electrons. The summed E-state index contributed by atoms with van der Waals surface area (Å²) in [6.45, 7) is 2.04. The number of rotatable bonds is 7. The summed E-state index contributed by atoms with van der Waals surface area (Å²) < 4.78 is 41.0. The third-order valence-corrected chi connectivity index (χ3v) is 5.74. The highest BCUT2D eigenvalue weighted by Crippen LogP contribution is 2.50. The van der Waals surface area contributed by atoms with E-state index >= 15 is 0 Å². The van der Waals surface area contributed by atoms with E-state index in [1.807, 2.05) is 19.1 Å². The van der Waals surface area contributed by atoms with E-state index in [0.29, 0.717) is 4.47 Å². The van der Waals surface area contributed by atoms with Crippen molar-refractivity contribution in [3.8, 4) is 5.75 Å². The third kappa shape index (κ3) is 5.59. The second kappa shape index (κ2) is 8.48. The zero-order valence-corrected chi connectivity index (χ0v) is 16.1. The summed E-state index contributed by atoms with van der Waals surface area (Å²) in [7, 11) is -4.96. The quantitative estimate of drug-likeness (QED) is 0.542. The van der Waals surface area contributed by atoms with Crippen LogP contribution in [0.25, 0.3) is 0 Å². The molecule has 0 amide bonds. The van der Waals surface area contributed by atoms with E-state index in [4.69, 9.17) is 4.89 Å². The Morgan fingerprint density at radius 3 is 2.46 bits per heavy atom. The number of hydrogen-bond donors (Lipinski definition) is 1. The molecule has 0 aliphatic rings. The van der Waals surface area contributed by atoms with Gasteiger partial charge in [-0.2, -0.15) is 20.5 Å². The van der Waals surface area contributed by atoms with Crippen LogP contribution in [0.3, 0.4) is 0 Å². The van der Waals surface area contributed by atoms with Crippen molar-refractivity contribution < 1.29 is 22.8 Å². The number of alkyl halides is 2. The van der Waals surface area contributed by atoms with Crippen molar-refractivity contribution in [3.05, 3.63) is 63.6 Å². The molecule has 1 unspecified atom stereocenters. The van der Waals surface area contributed by atoms with Crippen LogP contribution in [0.15, 0.2) is 46.9 Å². The average Bonchev–Trinajstić information content (AvgIpc) is 2.50. The Morgan fingerprint density at radius 1 is 1.21 bits per heavy atom. The molecule has 3 nitrogen and oxygen atoms in total. The van der Waals surface area contributed by atoms with Gasteiger partial charge in [-0.3, -0.25) is 0 Å². The lowest BCUT2D eigenvalue weighted by Crippen LogP contribution is -2.01. The molecule has 24 heavy (non-hydrogen) atoms. The number of benzene rings is 2. The molecular weight excluding hydrogens is 421 g/mol. The zero-order valence-electron chi connectivity index (χ0n) is 12.8. The van der Waals surface area contributed by atoms with Gasteiger partial charge in [0, 0.05) is 11.5 Å². The maximum absolute atomic E-state index is 12.4. The van der Waals surface area contributed by atoms with Crippen LogP contribution in [0.1, 0.15) is 16.7 Å². The zero-order chi connectivity index (χ0) is 17.7. The van der Waals surface area contributed by atoms with Crippen molar-refractivity contribution in [2.24, 2.45) is 0 Å². The molecule has 0 aromatic heterocycles. The first-order valence-corrected chi connectivity index (χ1v) is 10.6. The second-order valence-corrected chi connectivity index (χ2v) is 8.72. The van der Waals surface area contributed by atoms with E-state index in [1.165, 1.54) is 17.2 Å². The number of halogens is 3. The van der Waals surface area contributed by atoms with Gasteiger partial charge in [0.2, 0.25) is 0 Å². The minimum absolute atomic E-state index is 0.0754. The summed E-state index contributed by atoms with van der Waals surface area (Å²) in [5.74, 6) is 1.50. The number of aryl methyl sites for hydroxylation is 1. The Kier molecular flexibility index (Phi) is 6.87. The molecule has 0 aliphatic carbocycles. The van der Waals surface area contributed by atoms with Gasteiger partial charge in [-0.15, -0.1) is 0 Å². The Labute approximate surface area is 152 Å². The van der Waals surface area contributed by atoms with E-state index in [9.17, 15) is 13.3 Å². The van der Waals surface area contributed by atoms with Crippen LogP contribution in [0.4, 0.5) is 8.78 Å². The highest BCUT2D eigenvalue weighted by atomic mass is 79.9. The van der Waals surface area contributed by atoms with Crippen molar-refractivity contribution in [1.82, 2.24) is 0 Å². The van der Waals surface area contributed by atoms with E-state index < -0.39 is 13.8 Å².